The summed E-state index contributed by atoms with van der Waals surface area (Å²) in [5.74, 6) is 0.678. The van der Waals surface area contributed by atoms with Crippen molar-refractivity contribution in [1.82, 2.24) is 19.4 Å². The van der Waals surface area contributed by atoms with Crippen LogP contribution in [0.2, 0.25) is 0 Å². The largest absolute Gasteiger partial charge is 0.353 e. The Morgan fingerprint density at radius 3 is 2.74 bits per heavy atom. The van der Waals surface area contributed by atoms with Crippen molar-refractivity contribution in [2.45, 2.75) is 22.6 Å². The monoisotopic (exact) mass is 352 g/mol. The summed E-state index contributed by atoms with van der Waals surface area (Å²) < 4.78 is 27.6. The van der Waals surface area contributed by atoms with Gasteiger partial charge in [-0.15, -0.1) is 11.3 Å². The molecule has 124 valence electrons. The van der Waals surface area contributed by atoms with Crippen LogP contribution in [0.3, 0.4) is 0 Å². The fraction of sp³-hybridized carbons (Fsp3) is 0.400. The number of nitrogens with zero attached hydrogens (tertiary/aromatic N) is 3. The van der Waals surface area contributed by atoms with Crippen molar-refractivity contribution in [3.05, 3.63) is 29.8 Å². The average molecular weight is 352 g/mol. The number of thiophene rings is 1. The topological polar surface area (TPSA) is 71.0 Å². The van der Waals surface area contributed by atoms with Crippen molar-refractivity contribution in [2.75, 3.05) is 20.6 Å². The maximum absolute atomic E-state index is 12.8. The van der Waals surface area contributed by atoms with Crippen LogP contribution >= 0.6 is 11.3 Å². The first-order valence-corrected chi connectivity index (χ1v) is 9.58. The van der Waals surface area contributed by atoms with Crippen LogP contribution in [-0.4, -0.2) is 48.5 Å². The van der Waals surface area contributed by atoms with Crippen LogP contribution in [0.4, 0.5) is 0 Å². The summed E-state index contributed by atoms with van der Waals surface area (Å²) in [6, 6.07) is 1.76. The molecule has 0 bridgehead atoms. The van der Waals surface area contributed by atoms with Crippen molar-refractivity contribution in [2.24, 2.45) is 7.05 Å². The number of aromatic amines is 1. The maximum atomic E-state index is 12.8. The van der Waals surface area contributed by atoms with Crippen LogP contribution in [0.1, 0.15) is 11.4 Å². The van der Waals surface area contributed by atoms with Crippen LogP contribution in [-0.2, 0) is 23.3 Å². The van der Waals surface area contributed by atoms with E-state index >= 15 is 0 Å². The Balaban J connectivity index is 2.00. The fourth-order valence-corrected chi connectivity index (χ4v) is 5.16. The van der Waals surface area contributed by atoms with Gasteiger partial charge in [-0.25, -0.2) is 13.4 Å². The lowest BCUT2D eigenvalue weighted by Gasteiger charge is -2.07. The SMILES string of the molecule is Cc1nc(S(=O)(=O)c2cc3c(CCN(C)C)c[nH]c3s2)cn1C. The molecule has 8 heteroatoms. The van der Waals surface area contributed by atoms with E-state index in [1.807, 2.05) is 20.3 Å². The second kappa shape index (κ2) is 5.77. The van der Waals surface area contributed by atoms with Gasteiger partial charge in [0, 0.05) is 31.4 Å². The number of H-pyrrole nitrogens is 1. The first-order valence-electron chi connectivity index (χ1n) is 7.28. The summed E-state index contributed by atoms with van der Waals surface area (Å²) in [5.41, 5.74) is 1.14. The van der Waals surface area contributed by atoms with Crippen molar-refractivity contribution in [1.29, 1.82) is 0 Å². The minimum absolute atomic E-state index is 0.108. The number of fused-ring (bicyclic) bond motifs is 1. The van der Waals surface area contributed by atoms with E-state index in [9.17, 15) is 8.42 Å². The number of nitrogens with one attached hydrogen (secondary N) is 1. The van der Waals surface area contributed by atoms with Crippen LogP contribution in [0.15, 0.2) is 27.7 Å². The molecule has 6 nitrogen and oxygen atoms in total. The smallest absolute Gasteiger partial charge is 0.234 e. The Hall–Kier alpha value is -1.64. The molecule has 0 fully saturated rings. The van der Waals surface area contributed by atoms with E-state index < -0.39 is 9.84 Å². The highest BCUT2D eigenvalue weighted by atomic mass is 32.2. The van der Waals surface area contributed by atoms with E-state index in [1.165, 1.54) is 11.3 Å². The molecule has 0 unspecified atom stereocenters. The third kappa shape index (κ3) is 2.93. The lowest BCUT2D eigenvalue weighted by molar-refractivity contribution is 0.414. The molecule has 0 spiro atoms. The zero-order valence-electron chi connectivity index (χ0n) is 13.6. The summed E-state index contributed by atoms with van der Waals surface area (Å²) in [5, 5.41) is 1.10. The summed E-state index contributed by atoms with van der Waals surface area (Å²) in [6.07, 6.45) is 4.41. The summed E-state index contributed by atoms with van der Waals surface area (Å²) in [4.78, 5) is 10.3. The van der Waals surface area contributed by atoms with Gasteiger partial charge in [0.05, 0.1) is 0 Å². The maximum Gasteiger partial charge on any atom is 0.234 e. The van der Waals surface area contributed by atoms with Gasteiger partial charge < -0.3 is 14.5 Å². The number of hydrogen-bond donors (Lipinski definition) is 1. The van der Waals surface area contributed by atoms with Gasteiger partial charge in [0.25, 0.3) is 0 Å². The second-order valence-electron chi connectivity index (χ2n) is 5.92. The van der Waals surface area contributed by atoms with E-state index in [4.69, 9.17) is 0 Å². The van der Waals surface area contributed by atoms with E-state index in [0.29, 0.717) is 10.0 Å². The number of aryl methyl sites for hydroxylation is 2. The molecule has 0 saturated heterocycles. The average Bonchev–Trinajstić information content (AvgIpc) is 3.12. The zero-order chi connectivity index (χ0) is 16.8. The third-order valence-corrected chi connectivity index (χ3v) is 7.05. The van der Waals surface area contributed by atoms with Crippen molar-refractivity contribution < 1.29 is 8.42 Å². The predicted octanol–water partition coefficient (Wildman–Crippen LogP) is 2.21. The summed E-state index contributed by atoms with van der Waals surface area (Å²) in [7, 11) is 2.28. The van der Waals surface area contributed by atoms with E-state index in [1.54, 1.807) is 30.8 Å². The first kappa shape index (κ1) is 16.2. The first-order chi connectivity index (χ1) is 10.8. The highest BCUT2D eigenvalue weighted by Gasteiger charge is 2.25. The molecule has 0 radical (unpaired) electrons. The standard InChI is InChI=1S/C15H20N4O2S2/c1-10-17-13(9-19(10)4)23(20,21)14-7-12-11(5-6-18(2)3)8-16-15(12)22-14/h7-9,16H,5-6H2,1-4H3. The predicted molar refractivity (Wildman–Crippen MR) is 91.8 cm³/mol. The highest BCUT2D eigenvalue weighted by molar-refractivity contribution is 7.93. The third-order valence-electron chi connectivity index (χ3n) is 3.89. The van der Waals surface area contributed by atoms with Crippen LogP contribution < -0.4 is 0 Å². The molecule has 3 aromatic heterocycles. The van der Waals surface area contributed by atoms with Crippen molar-refractivity contribution >= 4 is 31.4 Å². The Morgan fingerprint density at radius 2 is 2.13 bits per heavy atom. The van der Waals surface area contributed by atoms with E-state index in [2.05, 4.69) is 14.9 Å². The quantitative estimate of drug-likeness (QED) is 0.764. The number of sulfone groups is 1. The lowest BCUT2D eigenvalue weighted by atomic mass is 10.2. The highest BCUT2D eigenvalue weighted by Crippen LogP contribution is 2.33. The van der Waals surface area contributed by atoms with Gasteiger partial charge >= 0.3 is 0 Å². The normalized spacial score (nSPS) is 12.6. The van der Waals surface area contributed by atoms with Gasteiger partial charge in [0.15, 0.2) is 5.03 Å². The van der Waals surface area contributed by atoms with Gasteiger partial charge in [-0.2, -0.15) is 0 Å². The number of hydrogen-bond acceptors (Lipinski definition) is 5. The van der Waals surface area contributed by atoms with Gasteiger partial charge in [0.1, 0.15) is 14.9 Å². The molecule has 3 aromatic rings. The van der Waals surface area contributed by atoms with Gasteiger partial charge in [-0.3, -0.25) is 0 Å². The molecule has 0 aliphatic heterocycles. The number of rotatable bonds is 5. The Kier molecular flexibility index (Phi) is 4.07. The molecule has 0 aliphatic carbocycles. The van der Waals surface area contributed by atoms with E-state index in [0.717, 1.165) is 28.7 Å². The van der Waals surface area contributed by atoms with E-state index in [-0.39, 0.29) is 5.03 Å². The second-order valence-corrected chi connectivity index (χ2v) is 9.09. The molecule has 1 N–H and O–H groups in total. The van der Waals surface area contributed by atoms with Crippen molar-refractivity contribution in [3.63, 3.8) is 0 Å². The van der Waals surface area contributed by atoms with Crippen LogP contribution in [0, 0.1) is 6.92 Å². The minimum Gasteiger partial charge on any atom is -0.353 e. The molecule has 0 saturated carbocycles. The molecule has 23 heavy (non-hydrogen) atoms. The number of imidazole rings is 1. The van der Waals surface area contributed by atoms with Gasteiger partial charge in [-0.1, -0.05) is 0 Å². The minimum atomic E-state index is -3.56. The number of aromatic nitrogens is 3. The number of likely N-dealkylation sites (N-methyl/N-ethyl adjacent to an activating group) is 1. The van der Waals surface area contributed by atoms with Gasteiger partial charge in [-0.05, 0) is 39.1 Å². The van der Waals surface area contributed by atoms with Gasteiger partial charge in [0.2, 0.25) is 9.84 Å². The van der Waals surface area contributed by atoms with Crippen LogP contribution in [0.5, 0.6) is 0 Å². The molecule has 3 rings (SSSR count). The molecule has 0 aromatic carbocycles. The Labute approximate surface area is 139 Å². The molecule has 0 atom stereocenters. The molecular weight excluding hydrogens is 332 g/mol. The van der Waals surface area contributed by atoms with Crippen LogP contribution in [0.25, 0.3) is 10.2 Å². The Bertz CT molecular complexity index is 928. The Morgan fingerprint density at radius 1 is 1.39 bits per heavy atom. The lowest BCUT2D eigenvalue weighted by Crippen LogP contribution is -2.14. The molecular formula is C15H20N4O2S2. The zero-order valence-corrected chi connectivity index (χ0v) is 15.3. The summed E-state index contributed by atoms with van der Waals surface area (Å²) >= 11 is 1.26. The molecule has 0 amide bonds. The molecule has 0 aliphatic rings. The molecule has 3 heterocycles. The fourth-order valence-electron chi connectivity index (χ4n) is 2.39. The van der Waals surface area contributed by atoms with Crippen molar-refractivity contribution in [3.8, 4) is 0 Å². The summed E-state index contributed by atoms with van der Waals surface area (Å²) in [6.45, 7) is 2.71.